The predicted octanol–water partition coefficient (Wildman–Crippen LogP) is 1.33. The third-order valence-electron chi connectivity index (χ3n) is 7.12. The van der Waals surface area contributed by atoms with Gasteiger partial charge in [0.05, 0.1) is 23.6 Å². The number of likely N-dealkylation sites (tertiary alicyclic amines) is 1. The molecule has 8 nitrogen and oxygen atoms in total. The molecular formula is C24H40N2O6S. The monoisotopic (exact) mass is 484 g/mol. The number of β-amino-alcohol motifs (C(OH)–C–C–N with tert-alkyl or cyclic N) is 1. The molecule has 1 saturated carbocycles. The largest absolute Gasteiger partial charge is 0.395 e. The number of aliphatic hydroxyl groups is 4. The molecule has 33 heavy (non-hydrogen) atoms. The molecule has 1 saturated heterocycles. The maximum Gasteiger partial charge on any atom is 0.243 e. The number of benzene rings is 1. The zero-order valence-corrected chi connectivity index (χ0v) is 20.2. The highest BCUT2D eigenvalue weighted by Crippen LogP contribution is 2.28. The van der Waals surface area contributed by atoms with Crippen LogP contribution in [-0.4, -0.2) is 94.7 Å². The topological polar surface area (TPSA) is 122 Å². The average Bonchev–Trinajstić information content (AvgIpc) is 2.83. The van der Waals surface area contributed by atoms with Gasteiger partial charge in [0, 0.05) is 19.1 Å². The van der Waals surface area contributed by atoms with Crippen molar-refractivity contribution in [1.29, 1.82) is 0 Å². The van der Waals surface area contributed by atoms with Crippen LogP contribution in [0.15, 0.2) is 35.2 Å². The molecule has 4 atom stereocenters. The van der Waals surface area contributed by atoms with Gasteiger partial charge in [0.25, 0.3) is 0 Å². The van der Waals surface area contributed by atoms with E-state index in [1.807, 2.05) is 11.0 Å². The zero-order chi connectivity index (χ0) is 23.8. The quantitative estimate of drug-likeness (QED) is 0.350. The molecule has 0 radical (unpaired) electrons. The SMILES string of the molecule is O=S(=O)(c1ccccc1)N(CCCCCCN1C[C@H](O)[C@@H](O)[C@H](O)[C@H]1CO)C1CCCCC1. The van der Waals surface area contributed by atoms with Gasteiger partial charge in [-0.05, 0) is 44.4 Å². The lowest BCUT2D eigenvalue weighted by Gasteiger charge is -2.43. The van der Waals surface area contributed by atoms with E-state index in [2.05, 4.69) is 0 Å². The number of nitrogens with zero attached hydrogens (tertiary/aromatic N) is 2. The Bertz CT molecular complexity index is 802. The van der Waals surface area contributed by atoms with Crippen LogP contribution in [0, 0.1) is 0 Å². The normalized spacial score (nSPS) is 27.8. The van der Waals surface area contributed by atoms with E-state index < -0.39 is 34.4 Å². The fourth-order valence-electron chi connectivity index (χ4n) is 5.17. The minimum absolute atomic E-state index is 0.0667. The third kappa shape index (κ3) is 6.75. The molecule has 0 amide bonds. The number of rotatable bonds is 11. The first-order valence-corrected chi connectivity index (χ1v) is 13.8. The lowest BCUT2D eigenvalue weighted by molar-refractivity contribution is -0.145. The number of unbranched alkanes of at least 4 members (excludes halogenated alkanes) is 3. The molecule has 1 aliphatic heterocycles. The number of hydrogen-bond donors (Lipinski definition) is 4. The summed E-state index contributed by atoms with van der Waals surface area (Å²) in [4.78, 5) is 2.19. The van der Waals surface area contributed by atoms with E-state index in [1.54, 1.807) is 28.6 Å². The van der Waals surface area contributed by atoms with Crippen molar-refractivity contribution in [2.24, 2.45) is 0 Å². The second-order valence-electron chi connectivity index (χ2n) is 9.43. The third-order valence-corrected chi connectivity index (χ3v) is 9.09. The van der Waals surface area contributed by atoms with Crippen molar-refractivity contribution in [1.82, 2.24) is 9.21 Å². The average molecular weight is 485 g/mol. The molecule has 0 bridgehead atoms. The van der Waals surface area contributed by atoms with Crippen molar-refractivity contribution < 1.29 is 28.8 Å². The molecule has 188 valence electrons. The Labute approximate surface area is 197 Å². The molecule has 0 unspecified atom stereocenters. The van der Waals surface area contributed by atoms with Crippen LogP contribution in [0.5, 0.6) is 0 Å². The minimum atomic E-state index is -3.52. The first-order chi connectivity index (χ1) is 15.9. The summed E-state index contributed by atoms with van der Waals surface area (Å²) in [6, 6.07) is 8.17. The van der Waals surface area contributed by atoms with E-state index in [0.29, 0.717) is 18.0 Å². The molecule has 2 fully saturated rings. The van der Waals surface area contributed by atoms with Gasteiger partial charge in [-0.15, -0.1) is 0 Å². The van der Waals surface area contributed by atoms with Crippen molar-refractivity contribution >= 4 is 10.0 Å². The fourth-order valence-corrected chi connectivity index (χ4v) is 6.91. The van der Waals surface area contributed by atoms with Crippen LogP contribution in [0.2, 0.25) is 0 Å². The maximum atomic E-state index is 13.3. The first kappa shape index (κ1) is 26.5. The molecule has 1 aliphatic carbocycles. The molecular weight excluding hydrogens is 444 g/mol. The van der Waals surface area contributed by atoms with Gasteiger partial charge in [0.15, 0.2) is 0 Å². The highest BCUT2D eigenvalue weighted by molar-refractivity contribution is 7.89. The standard InChI is InChI=1S/C24H40N2O6S/c27-18-21-23(29)24(30)22(28)17-25(21)15-9-1-2-10-16-26(19-11-5-3-6-12-19)33(31,32)20-13-7-4-8-14-20/h4,7-8,13-14,19,21-24,27-30H,1-3,5-6,9-12,15-18H2/t21-,22+,23-,24-/m1/s1. The smallest absolute Gasteiger partial charge is 0.243 e. The summed E-state index contributed by atoms with van der Waals surface area (Å²) in [5.41, 5.74) is 0. The van der Waals surface area contributed by atoms with Crippen LogP contribution in [0.25, 0.3) is 0 Å². The summed E-state index contributed by atoms with van der Waals surface area (Å²) in [7, 11) is -3.52. The van der Waals surface area contributed by atoms with Crippen molar-refractivity contribution in [3.8, 4) is 0 Å². The Morgan fingerprint density at radius 2 is 1.58 bits per heavy atom. The van der Waals surface area contributed by atoms with Gasteiger partial charge in [-0.1, -0.05) is 50.3 Å². The second-order valence-corrected chi connectivity index (χ2v) is 11.3. The summed E-state index contributed by atoms with van der Waals surface area (Å²) in [6.07, 6.45) is 5.03. The van der Waals surface area contributed by atoms with E-state index in [-0.39, 0.29) is 19.2 Å². The van der Waals surface area contributed by atoms with Crippen LogP contribution in [-0.2, 0) is 10.0 Å². The van der Waals surface area contributed by atoms with Gasteiger partial charge >= 0.3 is 0 Å². The van der Waals surface area contributed by atoms with E-state index in [4.69, 9.17) is 0 Å². The molecule has 1 heterocycles. The Hall–Kier alpha value is -1.07. The first-order valence-electron chi connectivity index (χ1n) is 12.3. The molecule has 1 aromatic rings. The van der Waals surface area contributed by atoms with Crippen molar-refractivity contribution in [2.75, 3.05) is 26.2 Å². The summed E-state index contributed by atoms with van der Waals surface area (Å²) in [6.45, 7) is 1.04. The molecule has 4 N–H and O–H groups in total. The molecule has 1 aromatic carbocycles. The Morgan fingerprint density at radius 1 is 0.909 bits per heavy atom. The second kappa shape index (κ2) is 12.6. The Balaban J connectivity index is 1.50. The van der Waals surface area contributed by atoms with E-state index in [9.17, 15) is 28.8 Å². The highest BCUT2D eigenvalue weighted by Gasteiger charge is 2.40. The lowest BCUT2D eigenvalue weighted by Crippen LogP contribution is -2.62. The van der Waals surface area contributed by atoms with Gasteiger partial charge in [-0.2, -0.15) is 4.31 Å². The van der Waals surface area contributed by atoms with Crippen LogP contribution in [0.4, 0.5) is 0 Å². The highest BCUT2D eigenvalue weighted by atomic mass is 32.2. The maximum absolute atomic E-state index is 13.3. The van der Waals surface area contributed by atoms with Crippen LogP contribution >= 0.6 is 0 Å². The summed E-state index contributed by atoms with van der Waals surface area (Å²) in [5, 5.41) is 39.4. The Kier molecular flexibility index (Phi) is 10.1. The summed E-state index contributed by atoms with van der Waals surface area (Å²) >= 11 is 0. The van der Waals surface area contributed by atoms with Gasteiger partial charge in [0.1, 0.15) is 12.2 Å². The van der Waals surface area contributed by atoms with Gasteiger partial charge < -0.3 is 20.4 Å². The van der Waals surface area contributed by atoms with Crippen molar-refractivity contribution in [2.45, 2.75) is 93.1 Å². The van der Waals surface area contributed by atoms with E-state index in [1.165, 1.54) is 6.42 Å². The zero-order valence-electron chi connectivity index (χ0n) is 19.4. The molecule has 0 spiro atoms. The molecule has 3 rings (SSSR count). The number of sulfonamides is 1. The minimum Gasteiger partial charge on any atom is -0.395 e. The van der Waals surface area contributed by atoms with Gasteiger partial charge in [0.2, 0.25) is 10.0 Å². The molecule has 0 aromatic heterocycles. The predicted molar refractivity (Wildman–Crippen MR) is 126 cm³/mol. The van der Waals surface area contributed by atoms with Gasteiger partial charge in [-0.3, -0.25) is 4.90 Å². The molecule has 2 aliphatic rings. The van der Waals surface area contributed by atoms with E-state index >= 15 is 0 Å². The van der Waals surface area contributed by atoms with Crippen LogP contribution < -0.4 is 0 Å². The number of aliphatic hydroxyl groups excluding tert-OH is 4. The van der Waals surface area contributed by atoms with Crippen molar-refractivity contribution in [3.05, 3.63) is 30.3 Å². The summed E-state index contributed by atoms with van der Waals surface area (Å²) in [5.74, 6) is 0. The Morgan fingerprint density at radius 3 is 2.24 bits per heavy atom. The van der Waals surface area contributed by atoms with Gasteiger partial charge in [-0.25, -0.2) is 8.42 Å². The number of piperidine rings is 1. The van der Waals surface area contributed by atoms with Crippen molar-refractivity contribution in [3.63, 3.8) is 0 Å². The van der Waals surface area contributed by atoms with Crippen LogP contribution in [0.1, 0.15) is 57.8 Å². The van der Waals surface area contributed by atoms with E-state index in [0.717, 1.165) is 51.4 Å². The van der Waals surface area contributed by atoms with Crippen LogP contribution in [0.3, 0.4) is 0 Å². The lowest BCUT2D eigenvalue weighted by atomic mass is 9.94. The fraction of sp³-hybridized carbons (Fsp3) is 0.750. The number of hydrogen-bond acceptors (Lipinski definition) is 7. The summed E-state index contributed by atoms with van der Waals surface area (Å²) < 4.78 is 28.4. The molecule has 9 heteroatoms.